The molecule has 174 valence electrons. The minimum absolute atomic E-state index is 0.141. The average Bonchev–Trinajstić information content (AvgIpc) is 2.72. The Bertz CT molecular complexity index is 927. The van der Waals surface area contributed by atoms with E-state index in [9.17, 15) is 9.59 Å². The highest BCUT2D eigenvalue weighted by molar-refractivity contribution is 7.99. The van der Waals surface area contributed by atoms with Crippen LogP contribution in [0.5, 0.6) is 5.75 Å². The zero-order valence-electron chi connectivity index (χ0n) is 19.1. The van der Waals surface area contributed by atoms with Crippen LogP contribution in [0, 0.1) is 0 Å². The Morgan fingerprint density at radius 1 is 1.12 bits per heavy atom. The van der Waals surface area contributed by atoms with Gasteiger partial charge in [-0.3, -0.25) is 9.59 Å². The summed E-state index contributed by atoms with van der Waals surface area (Å²) in [5.74, 6) is 1.05. The van der Waals surface area contributed by atoms with Crippen LogP contribution in [0.2, 0.25) is 10.0 Å². The first-order chi connectivity index (χ1) is 15.0. The van der Waals surface area contributed by atoms with Crippen molar-refractivity contribution in [1.29, 1.82) is 0 Å². The Morgan fingerprint density at radius 2 is 1.75 bits per heavy atom. The zero-order chi connectivity index (χ0) is 23.9. The SMILES string of the molecule is COc1cccc(CN(C(=O)CSCc2c(Cl)cccc2Cl)C(C)C(=O)NC(C)(C)C)c1. The predicted molar refractivity (Wildman–Crippen MR) is 134 cm³/mol. The number of carbonyl (C=O) groups is 2. The van der Waals surface area contributed by atoms with Crippen LogP contribution in [-0.2, 0) is 21.9 Å². The standard InChI is InChI=1S/C24H30Cl2N2O3S/c1-16(23(30)27-24(2,3)4)28(13-17-8-6-9-18(12-17)31-5)22(29)15-32-14-19-20(25)10-7-11-21(19)26/h6-12,16H,13-15H2,1-5H3,(H,27,30). The third-order valence-electron chi connectivity index (χ3n) is 4.69. The smallest absolute Gasteiger partial charge is 0.242 e. The van der Waals surface area contributed by atoms with E-state index >= 15 is 0 Å². The molecule has 2 rings (SSSR count). The number of hydrogen-bond acceptors (Lipinski definition) is 4. The Kier molecular flexibility index (Phi) is 9.74. The molecule has 2 aromatic rings. The van der Waals surface area contributed by atoms with Crippen molar-refractivity contribution in [2.45, 2.75) is 51.6 Å². The Hall–Kier alpha value is -1.89. The quantitative estimate of drug-likeness (QED) is 0.492. The molecule has 0 radical (unpaired) electrons. The molecule has 0 bridgehead atoms. The fourth-order valence-corrected chi connectivity index (χ4v) is 4.66. The van der Waals surface area contributed by atoms with Crippen LogP contribution in [-0.4, -0.2) is 41.2 Å². The van der Waals surface area contributed by atoms with E-state index in [1.807, 2.05) is 45.0 Å². The van der Waals surface area contributed by atoms with E-state index in [2.05, 4.69) is 5.32 Å². The molecule has 0 aliphatic rings. The van der Waals surface area contributed by atoms with E-state index in [-0.39, 0.29) is 17.6 Å². The number of halogens is 2. The van der Waals surface area contributed by atoms with Crippen molar-refractivity contribution in [2.75, 3.05) is 12.9 Å². The van der Waals surface area contributed by atoms with Gasteiger partial charge in [0.05, 0.1) is 12.9 Å². The lowest BCUT2D eigenvalue weighted by Crippen LogP contribution is -2.52. The van der Waals surface area contributed by atoms with Crippen molar-refractivity contribution in [3.8, 4) is 5.75 Å². The van der Waals surface area contributed by atoms with E-state index in [0.29, 0.717) is 28.1 Å². The summed E-state index contributed by atoms with van der Waals surface area (Å²) in [5, 5.41) is 4.11. The molecule has 5 nitrogen and oxygen atoms in total. The number of ether oxygens (including phenoxy) is 1. The molecular weight excluding hydrogens is 467 g/mol. The Balaban J connectivity index is 2.16. The highest BCUT2D eigenvalue weighted by atomic mass is 35.5. The van der Waals surface area contributed by atoms with Crippen molar-refractivity contribution < 1.29 is 14.3 Å². The van der Waals surface area contributed by atoms with Crippen LogP contribution < -0.4 is 10.1 Å². The molecule has 0 aliphatic heterocycles. The van der Waals surface area contributed by atoms with Gasteiger partial charge in [-0.05, 0) is 63.1 Å². The summed E-state index contributed by atoms with van der Waals surface area (Å²) in [6.45, 7) is 7.77. The van der Waals surface area contributed by atoms with Crippen LogP contribution in [0.1, 0.15) is 38.8 Å². The maximum absolute atomic E-state index is 13.2. The van der Waals surface area contributed by atoms with Gasteiger partial charge >= 0.3 is 0 Å². The number of thioether (sulfide) groups is 1. The lowest BCUT2D eigenvalue weighted by Gasteiger charge is -2.31. The summed E-state index contributed by atoms with van der Waals surface area (Å²) in [5.41, 5.74) is 1.28. The van der Waals surface area contributed by atoms with Crippen molar-refractivity contribution in [3.05, 3.63) is 63.6 Å². The fraction of sp³-hybridized carbons (Fsp3) is 0.417. The van der Waals surface area contributed by atoms with Crippen molar-refractivity contribution in [2.24, 2.45) is 0 Å². The molecule has 8 heteroatoms. The van der Waals surface area contributed by atoms with Crippen LogP contribution in [0.15, 0.2) is 42.5 Å². The molecular formula is C24H30Cl2N2O3S. The lowest BCUT2D eigenvalue weighted by atomic mass is 10.1. The van der Waals surface area contributed by atoms with Crippen LogP contribution >= 0.6 is 35.0 Å². The van der Waals surface area contributed by atoms with Crippen LogP contribution in [0.25, 0.3) is 0 Å². The third-order valence-corrected chi connectivity index (χ3v) is 6.34. The second-order valence-corrected chi connectivity index (χ2v) is 10.3. The van der Waals surface area contributed by atoms with Crippen molar-refractivity contribution in [3.63, 3.8) is 0 Å². The number of nitrogens with one attached hydrogen (secondary N) is 1. The maximum Gasteiger partial charge on any atom is 0.242 e. The highest BCUT2D eigenvalue weighted by Crippen LogP contribution is 2.28. The molecule has 0 heterocycles. The van der Waals surface area contributed by atoms with E-state index in [1.165, 1.54) is 11.8 Å². The minimum atomic E-state index is -0.641. The fourth-order valence-electron chi connectivity index (χ4n) is 3.02. The van der Waals surface area contributed by atoms with Gasteiger partial charge in [-0.1, -0.05) is 41.4 Å². The summed E-state index contributed by atoms with van der Waals surface area (Å²) >= 11 is 13.9. The molecule has 0 saturated carbocycles. The van der Waals surface area contributed by atoms with Gasteiger partial charge in [0, 0.05) is 27.9 Å². The van der Waals surface area contributed by atoms with Crippen LogP contribution in [0.3, 0.4) is 0 Å². The van der Waals surface area contributed by atoms with Crippen molar-refractivity contribution in [1.82, 2.24) is 10.2 Å². The summed E-state index contributed by atoms with van der Waals surface area (Å²) in [7, 11) is 1.60. The van der Waals surface area contributed by atoms with Gasteiger partial charge in [-0.2, -0.15) is 0 Å². The number of hydrogen-bond donors (Lipinski definition) is 1. The Morgan fingerprint density at radius 3 is 2.34 bits per heavy atom. The largest absolute Gasteiger partial charge is 0.497 e. The van der Waals surface area contributed by atoms with Gasteiger partial charge in [0.1, 0.15) is 11.8 Å². The topological polar surface area (TPSA) is 58.6 Å². The molecule has 0 aliphatic carbocycles. The normalized spacial score (nSPS) is 12.2. The molecule has 0 fully saturated rings. The molecule has 1 unspecified atom stereocenters. The highest BCUT2D eigenvalue weighted by Gasteiger charge is 2.28. The van der Waals surface area contributed by atoms with Gasteiger partial charge in [0.15, 0.2) is 0 Å². The molecule has 0 spiro atoms. The predicted octanol–water partition coefficient (Wildman–Crippen LogP) is 5.57. The van der Waals surface area contributed by atoms with Gasteiger partial charge < -0.3 is 15.0 Å². The van der Waals surface area contributed by atoms with E-state index < -0.39 is 11.6 Å². The first-order valence-corrected chi connectivity index (χ1v) is 12.2. The minimum Gasteiger partial charge on any atom is -0.497 e. The van der Waals surface area contributed by atoms with E-state index in [4.69, 9.17) is 27.9 Å². The zero-order valence-corrected chi connectivity index (χ0v) is 21.4. The van der Waals surface area contributed by atoms with Gasteiger partial charge in [-0.25, -0.2) is 0 Å². The lowest BCUT2D eigenvalue weighted by molar-refractivity contribution is -0.139. The number of rotatable bonds is 9. The summed E-state index contributed by atoms with van der Waals surface area (Å²) in [6.07, 6.45) is 0. The summed E-state index contributed by atoms with van der Waals surface area (Å²) in [6, 6.07) is 12.2. The average molecular weight is 497 g/mol. The molecule has 1 atom stereocenters. The molecule has 32 heavy (non-hydrogen) atoms. The monoisotopic (exact) mass is 496 g/mol. The summed E-state index contributed by atoms with van der Waals surface area (Å²) in [4.78, 5) is 27.6. The first kappa shape index (κ1) is 26.4. The van der Waals surface area contributed by atoms with Gasteiger partial charge in [0.25, 0.3) is 0 Å². The van der Waals surface area contributed by atoms with Gasteiger partial charge in [0.2, 0.25) is 11.8 Å². The second kappa shape index (κ2) is 11.8. The Labute approximate surface area is 204 Å². The number of benzene rings is 2. The number of nitrogens with zero attached hydrogens (tertiary/aromatic N) is 1. The third kappa shape index (κ3) is 7.91. The summed E-state index contributed by atoms with van der Waals surface area (Å²) < 4.78 is 5.30. The maximum atomic E-state index is 13.2. The number of methoxy groups -OCH3 is 1. The van der Waals surface area contributed by atoms with Crippen LogP contribution in [0.4, 0.5) is 0 Å². The number of amides is 2. The van der Waals surface area contributed by atoms with E-state index in [1.54, 1.807) is 37.1 Å². The van der Waals surface area contributed by atoms with E-state index in [0.717, 1.165) is 11.1 Å². The molecule has 2 amide bonds. The number of carbonyl (C=O) groups excluding carboxylic acids is 2. The molecule has 2 aromatic carbocycles. The second-order valence-electron chi connectivity index (χ2n) is 8.48. The molecule has 1 N–H and O–H groups in total. The molecule has 0 aromatic heterocycles. The first-order valence-electron chi connectivity index (χ1n) is 10.3. The van der Waals surface area contributed by atoms with Crippen molar-refractivity contribution >= 4 is 46.8 Å². The molecule has 0 saturated heterocycles. The van der Waals surface area contributed by atoms with Gasteiger partial charge in [-0.15, -0.1) is 11.8 Å².